The largest absolute Gasteiger partial charge is 0.454 e. The Hall–Kier alpha value is -2.40. The van der Waals surface area contributed by atoms with Gasteiger partial charge in [-0.15, -0.1) is 0 Å². The van der Waals surface area contributed by atoms with Gasteiger partial charge in [-0.05, 0) is 23.8 Å². The number of hydrogen-bond donors (Lipinski definition) is 2. The molecule has 2 aromatic carbocycles. The van der Waals surface area contributed by atoms with E-state index in [1.807, 2.05) is 18.2 Å². The van der Waals surface area contributed by atoms with Gasteiger partial charge in [0.25, 0.3) is 0 Å². The molecule has 1 aliphatic heterocycles. The van der Waals surface area contributed by atoms with Gasteiger partial charge in [-0.3, -0.25) is 0 Å². The highest BCUT2D eigenvalue weighted by atomic mass is 35.5. The third-order valence-electron chi connectivity index (χ3n) is 3.03. The number of anilines is 1. The van der Waals surface area contributed by atoms with Crippen LogP contribution in [-0.4, -0.2) is 12.8 Å². The van der Waals surface area contributed by atoms with Crippen LogP contribution in [0.4, 0.5) is 10.5 Å². The van der Waals surface area contributed by atoms with Gasteiger partial charge in [-0.1, -0.05) is 29.8 Å². The van der Waals surface area contributed by atoms with Gasteiger partial charge in [0.2, 0.25) is 6.79 Å². The SMILES string of the molecule is O=C(NCc1ccccc1Cl)Nc1ccc2c(c1)OCO2. The quantitative estimate of drug-likeness (QED) is 0.914. The average molecular weight is 305 g/mol. The summed E-state index contributed by atoms with van der Waals surface area (Å²) in [5.41, 5.74) is 1.50. The molecule has 5 nitrogen and oxygen atoms in total. The van der Waals surface area contributed by atoms with Gasteiger partial charge in [0.05, 0.1) is 0 Å². The fourth-order valence-electron chi connectivity index (χ4n) is 1.97. The molecule has 0 atom stereocenters. The monoisotopic (exact) mass is 304 g/mol. The molecule has 3 rings (SSSR count). The summed E-state index contributed by atoms with van der Waals surface area (Å²) < 4.78 is 10.5. The highest BCUT2D eigenvalue weighted by Crippen LogP contribution is 2.34. The molecule has 2 N–H and O–H groups in total. The topological polar surface area (TPSA) is 59.6 Å². The van der Waals surface area contributed by atoms with E-state index in [1.54, 1.807) is 24.3 Å². The summed E-state index contributed by atoms with van der Waals surface area (Å²) in [5, 5.41) is 6.11. The molecular weight excluding hydrogens is 292 g/mol. The second-order valence-corrected chi connectivity index (χ2v) is 4.87. The first-order valence-corrected chi connectivity index (χ1v) is 6.78. The van der Waals surface area contributed by atoms with Crippen LogP contribution in [0.2, 0.25) is 5.02 Å². The Bertz CT molecular complexity index is 676. The zero-order valence-corrected chi connectivity index (χ0v) is 11.8. The van der Waals surface area contributed by atoms with E-state index in [2.05, 4.69) is 10.6 Å². The van der Waals surface area contributed by atoms with Crippen molar-refractivity contribution in [2.45, 2.75) is 6.54 Å². The van der Waals surface area contributed by atoms with Gasteiger partial charge >= 0.3 is 6.03 Å². The van der Waals surface area contributed by atoms with Crippen LogP contribution in [0.3, 0.4) is 0 Å². The number of benzene rings is 2. The van der Waals surface area contributed by atoms with E-state index in [0.29, 0.717) is 28.8 Å². The van der Waals surface area contributed by atoms with Crippen molar-refractivity contribution >= 4 is 23.3 Å². The van der Waals surface area contributed by atoms with Gasteiger partial charge in [0, 0.05) is 23.3 Å². The molecule has 2 amide bonds. The number of halogens is 1. The predicted octanol–water partition coefficient (Wildman–Crippen LogP) is 3.39. The molecule has 6 heteroatoms. The van der Waals surface area contributed by atoms with E-state index >= 15 is 0 Å². The fourth-order valence-corrected chi connectivity index (χ4v) is 2.17. The van der Waals surface area contributed by atoms with Gasteiger partial charge in [-0.2, -0.15) is 0 Å². The minimum atomic E-state index is -0.311. The number of carbonyl (C=O) groups is 1. The highest BCUT2D eigenvalue weighted by molar-refractivity contribution is 6.31. The second kappa shape index (κ2) is 5.93. The smallest absolute Gasteiger partial charge is 0.319 e. The number of amides is 2. The summed E-state index contributed by atoms with van der Waals surface area (Å²) >= 11 is 6.03. The Balaban J connectivity index is 1.58. The number of ether oxygens (including phenoxy) is 2. The summed E-state index contributed by atoms with van der Waals surface area (Å²) in [6, 6.07) is 12.3. The molecule has 21 heavy (non-hydrogen) atoms. The van der Waals surface area contributed by atoms with E-state index < -0.39 is 0 Å². The summed E-state index contributed by atoms with van der Waals surface area (Å²) in [4.78, 5) is 11.9. The average Bonchev–Trinajstić information content (AvgIpc) is 2.94. The second-order valence-electron chi connectivity index (χ2n) is 4.47. The molecule has 0 aromatic heterocycles. The molecule has 1 aliphatic rings. The number of fused-ring (bicyclic) bond motifs is 1. The normalized spacial score (nSPS) is 12.0. The highest BCUT2D eigenvalue weighted by Gasteiger charge is 2.14. The van der Waals surface area contributed by atoms with Crippen molar-refractivity contribution in [3.8, 4) is 11.5 Å². The summed E-state index contributed by atoms with van der Waals surface area (Å²) in [6.45, 7) is 0.563. The van der Waals surface area contributed by atoms with Crippen molar-refractivity contribution in [2.24, 2.45) is 0 Å². The van der Waals surface area contributed by atoms with Crippen molar-refractivity contribution in [1.29, 1.82) is 0 Å². The molecule has 0 bridgehead atoms. The molecule has 0 saturated carbocycles. The number of rotatable bonds is 3. The lowest BCUT2D eigenvalue weighted by Gasteiger charge is -2.09. The molecule has 0 unspecified atom stereocenters. The van der Waals surface area contributed by atoms with Crippen LogP contribution in [0.1, 0.15) is 5.56 Å². The summed E-state index contributed by atoms with van der Waals surface area (Å²) in [7, 11) is 0. The molecule has 1 heterocycles. The Kier molecular flexibility index (Phi) is 3.83. The molecule has 2 aromatic rings. The number of nitrogens with one attached hydrogen (secondary N) is 2. The van der Waals surface area contributed by atoms with Crippen LogP contribution in [0.15, 0.2) is 42.5 Å². The molecule has 0 spiro atoms. The molecular formula is C15H13ClN2O3. The first-order valence-electron chi connectivity index (χ1n) is 6.40. The van der Waals surface area contributed by atoms with Gasteiger partial charge in [-0.25, -0.2) is 4.79 Å². The van der Waals surface area contributed by atoms with Crippen molar-refractivity contribution in [1.82, 2.24) is 5.32 Å². The fraction of sp³-hybridized carbons (Fsp3) is 0.133. The van der Waals surface area contributed by atoms with Crippen LogP contribution in [0.25, 0.3) is 0 Å². The zero-order valence-electron chi connectivity index (χ0n) is 11.1. The lowest BCUT2D eigenvalue weighted by molar-refractivity contribution is 0.174. The molecule has 0 radical (unpaired) electrons. The van der Waals surface area contributed by atoms with Crippen molar-refractivity contribution in [3.05, 3.63) is 53.1 Å². The van der Waals surface area contributed by atoms with E-state index in [0.717, 1.165) is 5.56 Å². The van der Waals surface area contributed by atoms with E-state index in [-0.39, 0.29) is 12.8 Å². The van der Waals surface area contributed by atoms with Crippen LogP contribution in [-0.2, 0) is 6.54 Å². The lowest BCUT2D eigenvalue weighted by Crippen LogP contribution is -2.28. The first kappa shape index (κ1) is 13.6. The Morgan fingerprint density at radius 2 is 1.95 bits per heavy atom. The maximum atomic E-state index is 11.9. The molecule has 108 valence electrons. The van der Waals surface area contributed by atoms with E-state index in [1.165, 1.54) is 0 Å². The maximum Gasteiger partial charge on any atom is 0.319 e. The first-order chi connectivity index (χ1) is 10.2. The number of carbonyl (C=O) groups excluding carboxylic acids is 1. The van der Waals surface area contributed by atoms with Crippen LogP contribution < -0.4 is 20.1 Å². The summed E-state index contributed by atoms with van der Waals surface area (Å²) in [5.74, 6) is 1.30. The van der Waals surface area contributed by atoms with Crippen molar-refractivity contribution in [3.63, 3.8) is 0 Å². The van der Waals surface area contributed by atoms with Gasteiger partial charge < -0.3 is 20.1 Å². The standard InChI is InChI=1S/C15H13ClN2O3/c16-12-4-2-1-3-10(12)8-17-15(19)18-11-5-6-13-14(7-11)21-9-20-13/h1-7H,8-9H2,(H2,17,18,19). The maximum absolute atomic E-state index is 11.9. The minimum absolute atomic E-state index is 0.206. The van der Waals surface area contributed by atoms with Crippen LogP contribution in [0, 0.1) is 0 Å². The Morgan fingerprint density at radius 3 is 2.81 bits per heavy atom. The number of hydrogen-bond acceptors (Lipinski definition) is 3. The molecule has 0 aliphatic carbocycles. The van der Waals surface area contributed by atoms with Crippen LogP contribution >= 0.6 is 11.6 Å². The Labute approximate surface area is 126 Å². The molecule has 0 saturated heterocycles. The van der Waals surface area contributed by atoms with Gasteiger partial charge in [0.1, 0.15) is 0 Å². The predicted molar refractivity (Wildman–Crippen MR) is 79.9 cm³/mol. The Morgan fingerprint density at radius 1 is 1.14 bits per heavy atom. The minimum Gasteiger partial charge on any atom is -0.454 e. The number of urea groups is 1. The summed E-state index contributed by atoms with van der Waals surface area (Å²) in [6.07, 6.45) is 0. The molecule has 0 fully saturated rings. The van der Waals surface area contributed by atoms with E-state index in [4.69, 9.17) is 21.1 Å². The van der Waals surface area contributed by atoms with Crippen LogP contribution in [0.5, 0.6) is 11.5 Å². The van der Waals surface area contributed by atoms with Gasteiger partial charge in [0.15, 0.2) is 11.5 Å². The third kappa shape index (κ3) is 3.20. The van der Waals surface area contributed by atoms with Crippen molar-refractivity contribution in [2.75, 3.05) is 12.1 Å². The van der Waals surface area contributed by atoms with E-state index in [9.17, 15) is 4.79 Å². The third-order valence-corrected chi connectivity index (χ3v) is 3.40. The zero-order chi connectivity index (χ0) is 14.7. The van der Waals surface area contributed by atoms with Crippen molar-refractivity contribution < 1.29 is 14.3 Å². The lowest BCUT2D eigenvalue weighted by atomic mass is 10.2.